The molecule has 2 N–H and O–H groups in total. The van der Waals surface area contributed by atoms with Crippen LogP contribution in [0.2, 0.25) is 5.02 Å². The lowest BCUT2D eigenvalue weighted by atomic mass is 10.1. The van der Waals surface area contributed by atoms with Crippen LogP contribution in [-0.4, -0.2) is 20.6 Å². The first-order valence-corrected chi connectivity index (χ1v) is 7.11. The molecule has 5 nitrogen and oxygen atoms in total. The number of rotatable bonds is 3. The number of phenols is 1. The van der Waals surface area contributed by atoms with Gasteiger partial charge in [-0.05, 0) is 24.3 Å². The van der Waals surface area contributed by atoms with E-state index in [2.05, 4.69) is 10.3 Å². The third kappa shape index (κ3) is 2.76. The Bertz CT molecular complexity index is 858. The molecule has 0 radical (unpaired) electrons. The second kappa shape index (κ2) is 5.69. The van der Waals surface area contributed by atoms with Crippen molar-refractivity contribution in [2.45, 2.75) is 6.42 Å². The number of fused-ring (bicyclic) bond motifs is 1. The van der Waals surface area contributed by atoms with Gasteiger partial charge in [-0.2, -0.15) is 0 Å². The van der Waals surface area contributed by atoms with E-state index in [1.165, 1.54) is 0 Å². The lowest BCUT2D eigenvalue weighted by Gasteiger charge is -2.06. The van der Waals surface area contributed by atoms with Gasteiger partial charge < -0.3 is 9.67 Å². The quantitative estimate of drug-likeness (QED) is 0.780. The molecule has 6 heteroatoms. The van der Waals surface area contributed by atoms with Gasteiger partial charge in [0.05, 0.1) is 17.5 Å². The predicted octanol–water partition coefficient (Wildman–Crippen LogP) is 3.11. The first-order valence-electron chi connectivity index (χ1n) is 6.73. The summed E-state index contributed by atoms with van der Waals surface area (Å²) in [5.41, 5.74) is 2.16. The molecule has 0 aliphatic carbocycles. The van der Waals surface area contributed by atoms with E-state index in [-0.39, 0.29) is 18.1 Å². The monoisotopic (exact) mass is 315 g/mol. The van der Waals surface area contributed by atoms with Gasteiger partial charge in [0.15, 0.2) is 0 Å². The molecule has 0 saturated carbocycles. The molecule has 1 aromatic heterocycles. The normalized spacial score (nSPS) is 10.8. The molecule has 3 aromatic rings. The maximum atomic E-state index is 12.1. The second-order valence-electron chi connectivity index (χ2n) is 4.98. The summed E-state index contributed by atoms with van der Waals surface area (Å²) in [7, 11) is 1.82. The molecule has 0 aliphatic heterocycles. The number of imidazole rings is 1. The second-order valence-corrected chi connectivity index (χ2v) is 5.42. The summed E-state index contributed by atoms with van der Waals surface area (Å²) >= 11 is 5.95. The van der Waals surface area contributed by atoms with Gasteiger partial charge in [-0.25, -0.2) is 4.98 Å². The lowest BCUT2D eigenvalue weighted by molar-refractivity contribution is -0.115. The number of halogens is 1. The number of aryl methyl sites for hydroxylation is 1. The Morgan fingerprint density at radius 3 is 2.86 bits per heavy atom. The highest BCUT2D eigenvalue weighted by molar-refractivity contribution is 6.31. The third-order valence-corrected chi connectivity index (χ3v) is 3.67. The van der Waals surface area contributed by atoms with Gasteiger partial charge >= 0.3 is 0 Å². The fraction of sp³-hybridized carbons (Fsp3) is 0.125. The minimum absolute atomic E-state index is 0.0800. The number of carbonyl (C=O) groups excluding carboxylic acids is 1. The number of nitrogens with one attached hydrogen (secondary N) is 1. The maximum Gasteiger partial charge on any atom is 0.231 e. The van der Waals surface area contributed by atoms with Crippen molar-refractivity contribution >= 4 is 34.5 Å². The van der Waals surface area contributed by atoms with E-state index in [0.717, 1.165) is 5.52 Å². The van der Waals surface area contributed by atoms with Crippen LogP contribution in [0, 0.1) is 0 Å². The summed E-state index contributed by atoms with van der Waals surface area (Å²) in [5, 5.41) is 13.1. The van der Waals surface area contributed by atoms with Crippen LogP contribution in [-0.2, 0) is 18.3 Å². The molecule has 3 rings (SSSR count). The average Bonchev–Trinajstić information content (AvgIpc) is 2.77. The largest absolute Gasteiger partial charge is 0.508 e. The van der Waals surface area contributed by atoms with Crippen molar-refractivity contribution in [2.75, 3.05) is 5.32 Å². The number of amides is 1. The molecular formula is C16H14ClN3O2. The minimum Gasteiger partial charge on any atom is -0.508 e. The Balaban J connectivity index is 1.82. The number of aromatic hydroxyl groups is 1. The molecular weight excluding hydrogens is 302 g/mol. The number of hydrogen-bond acceptors (Lipinski definition) is 3. The highest BCUT2D eigenvalue weighted by Crippen LogP contribution is 2.22. The van der Waals surface area contributed by atoms with Crippen LogP contribution in [0.5, 0.6) is 5.75 Å². The zero-order valence-corrected chi connectivity index (χ0v) is 12.6. The van der Waals surface area contributed by atoms with Gasteiger partial charge in [-0.1, -0.05) is 29.8 Å². The molecule has 0 fully saturated rings. The first kappa shape index (κ1) is 14.4. The SMILES string of the molecule is Cn1c(NC(=O)Cc2ccccc2O)nc2cc(Cl)ccc21. The van der Waals surface area contributed by atoms with E-state index in [4.69, 9.17) is 11.6 Å². The van der Waals surface area contributed by atoms with Crippen molar-refractivity contribution in [3.63, 3.8) is 0 Å². The topological polar surface area (TPSA) is 67.2 Å². The number of aromatic nitrogens is 2. The molecule has 22 heavy (non-hydrogen) atoms. The highest BCUT2D eigenvalue weighted by Gasteiger charge is 2.12. The fourth-order valence-corrected chi connectivity index (χ4v) is 2.45. The van der Waals surface area contributed by atoms with E-state index >= 15 is 0 Å². The molecule has 112 valence electrons. The Labute approximate surface area is 132 Å². The smallest absolute Gasteiger partial charge is 0.231 e. The average molecular weight is 316 g/mol. The van der Waals surface area contributed by atoms with Gasteiger partial charge in [-0.15, -0.1) is 0 Å². The molecule has 0 aliphatic rings. The summed E-state index contributed by atoms with van der Waals surface area (Å²) in [4.78, 5) is 16.5. The molecule has 2 aromatic carbocycles. The summed E-state index contributed by atoms with van der Waals surface area (Å²) in [5.74, 6) is 0.304. The van der Waals surface area contributed by atoms with Gasteiger partial charge in [0.1, 0.15) is 5.75 Å². The predicted molar refractivity (Wildman–Crippen MR) is 86.2 cm³/mol. The van der Waals surface area contributed by atoms with Gasteiger partial charge in [0.2, 0.25) is 11.9 Å². The molecule has 0 bridgehead atoms. The Kier molecular flexibility index (Phi) is 3.73. The fourth-order valence-electron chi connectivity index (χ4n) is 2.29. The molecule has 0 atom stereocenters. The minimum atomic E-state index is -0.244. The van der Waals surface area contributed by atoms with Crippen molar-refractivity contribution in [2.24, 2.45) is 7.05 Å². The first-order chi connectivity index (χ1) is 10.5. The molecule has 1 amide bonds. The Morgan fingerprint density at radius 1 is 1.32 bits per heavy atom. The third-order valence-electron chi connectivity index (χ3n) is 3.44. The Hall–Kier alpha value is -2.53. The van der Waals surface area contributed by atoms with Gasteiger partial charge in [-0.3, -0.25) is 10.1 Å². The van der Waals surface area contributed by atoms with Crippen LogP contribution < -0.4 is 5.32 Å². The molecule has 0 spiro atoms. The summed E-state index contributed by atoms with van der Waals surface area (Å²) in [6, 6.07) is 12.1. The number of hydrogen-bond donors (Lipinski definition) is 2. The Morgan fingerprint density at radius 2 is 2.09 bits per heavy atom. The van der Waals surface area contributed by atoms with Crippen molar-refractivity contribution in [1.29, 1.82) is 0 Å². The van der Waals surface area contributed by atoms with E-state index in [1.54, 1.807) is 41.0 Å². The van der Waals surface area contributed by atoms with E-state index in [9.17, 15) is 9.90 Å². The van der Waals surface area contributed by atoms with Crippen molar-refractivity contribution in [3.8, 4) is 5.75 Å². The summed E-state index contributed by atoms with van der Waals surface area (Å²) in [6.45, 7) is 0. The number of phenolic OH excluding ortho intramolecular Hbond substituents is 1. The maximum absolute atomic E-state index is 12.1. The van der Waals surface area contributed by atoms with Crippen molar-refractivity contribution in [1.82, 2.24) is 9.55 Å². The number of anilines is 1. The van der Waals surface area contributed by atoms with Crippen molar-refractivity contribution < 1.29 is 9.90 Å². The van der Waals surface area contributed by atoms with E-state index < -0.39 is 0 Å². The zero-order chi connectivity index (χ0) is 15.7. The van der Waals surface area contributed by atoms with Crippen LogP contribution in [0.4, 0.5) is 5.95 Å². The van der Waals surface area contributed by atoms with E-state index in [0.29, 0.717) is 22.1 Å². The number of carbonyl (C=O) groups is 1. The van der Waals surface area contributed by atoms with Crippen LogP contribution in [0.3, 0.4) is 0 Å². The van der Waals surface area contributed by atoms with Crippen LogP contribution in [0.1, 0.15) is 5.56 Å². The highest BCUT2D eigenvalue weighted by atomic mass is 35.5. The van der Waals surface area contributed by atoms with E-state index in [1.807, 2.05) is 13.1 Å². The van der Waals surface area contributed by atoms with Crippen LogP contribution >= 0.6 is 11.6 Å². The molecule has 1 heterocycles. The van der Waals surface area contributed by atoms with Crippen LogP contribution in [0.25, 0.3) is 11.0 Å². The summed E-state index contributed by atoms with van der Waals surface area (Å²) in [6.07, 6.45) is 0.0800. The zero-order valence-electron chi connectivity index (χ0n) is 11.9. The molecule has 0 saturated heterocycles. The molecule has 0 unspecified atom stereocenters. The van der Waals surface area contributed by atoms with Crippen LogP contribution in [0.15, 0.2) is 42.5 Å². The van der Waals surface area contributed by atoms with Gasteiger partial charge in [0.25, 0.3) is 0 Å². The lowest BCUT2D eigenvalue weighted by Crippen LogP contribution is -2.17. The van der Waals surface area contributed by atoms with Crippen molar-refractivity contribution in [3.05, 3.63) is 53.1 Å². The van der Waals surface area contributed by atoms with Gasteiger partial charge in [0, 0.05) is 17.6 Å². The number of nitrogens with zero attached hydrogens (tertiary/aromatic N) is 2. The number of para-hydroxylation sites is 1. The number of benzene rings is 2. The standard InChI is InChI=1S/C16H14ClN3O2/c1-20-13-7-6-11(17)9-12(13)18-16(20)19-15(22)8-10-4-2-3-5-14(10)21/h2-7,9,21H,8H2,1H3,(H,18,19,22). The summed E-state index contributed by atoms with van der Waals surface area (Å²) < 4.78 is 1.79.